The predicted octanol–water partition coefficient (Wildman–Crippen LogP) is 2.75. The molecular formula is C19H25BrN4O3S. The third kappa shape index (κ3) is 4.16. The minimum atomic E-state index is -3.51. The van der Waals surface area contributed by atoms with Gasteiger partial charge in [0.2, 0.25) is 15.9 Å². The van der Waals surface area contributed by atoms with Crippen molar-refractivity contribution in [3.63, 3.8) is 0 Å². The van der Waals surface area contributed by atoms with E-state index in [1.54, 1.807) is 35.2 Å². The number of piperazine rings is 1. The van der Waals surface area contributed by atoms with E-state index in [4.69, 9.17) is 0 Å². The highest BCUT2D eigenvalue weighted by atomic mass is 79.9. The van der Waals surface area contributed by atoms with E-state index >= 15 is 0 Å². The second kappa shape index (κ2) is 8.34. The van der Waals surface area contributed by atoms with Gasteiger partial charge in [-0.25, -0.2) is 8.42 Å². The number of aryl methyl sites for hydroxylation is 1. The summed E-state index contributed by atoms with van der Waals surface area (Å²) in [6.45, 7) is 7.29. The molecule has 0 spiro atoms. The number of hydrogen-bond acceptors (Lipinski definition) is 4. The first-order valence-corrected chi connectivity index (χ1v) is 11.5. The second-order valence-electron chi connectivity index (χ2n) is 7.08. The molecule has 28 heavy (non-hydrogen) atoms. The van der Waals surface area contributed by atoms with Crippen LogP contribution in [0.5, 0.6) is 0 Å². The molecule has 1 saturated heterocycles. The molecule has 1 aromatic carbocycles. The van der Waals surface area contributed by atoms with Gasteiger partial charge in [-0.3, -0.25) is 9.48 Å². The van der Waals surface area contributed by atoms with Crippen LogP contribution in [-0.2, 0) is 14.8 Å². The molecule has 2 heterocycles. The normalized spacial score (nSPS) is 16.9. The lowest BCUT2D eigenvalue weighted by atomic mass is 10.2. The highest BCUT2D eigenvalue weighted by Gasteiger charge is 2.30. The Hall–Kier alpha value is -1.71. The SMILES string of the molecule is Cc1nn(C(C)CC(=O)N2CCN(S(=O)(=O)c3ccccc3)CC2)c(C)c1Br. The van der Waals surface area contributed by atoms with Crippen LogP contribution in [0.3, 0.4) is 0 Å². The standard InChI is InChI=1S/C19H25BrN4O3S/c1-14(24-16(3)19(20)15(2)21-24)13-18(25)22-9-11-23(12-10-22)28(26,27)17-7-5-4-6-8-17/h4-8,14H,9-13H2,1-3H3. The van der Waals surface area contributed by atoms with Gasteiger partial charge < -0.3 is 4.90 Å². The van der Waals surface area contributed by atoms with Gasteiger partial charge in [0.15, 0.2) is 0 Å². The van der Waals surface area contributed by atoms with Crippen LogP contribution in [0.25, 0.3) is 0 Å². The number of hydrogen-bond donors (Lipinski definition) is 0. The van der Waals surface area contributed by atoms with Gasteiger partial charge in [0, 0.05) is 32.6 Å². The second-order valence-corrected chi connectivity index (χ2v) is 9.81. The molecule has 1 aromatic heterocycles. The zero-order valence-electron chi connectivity index (χ0n) is 16.3. The summed E-state index contributed by atoms with van der Waals surface area (Å²) >= 11 is 3.51. The molecular weight excluding hydrogens is 444 g/mol. The average Bonchev–Trinajstić information content (AvgIpc) is 2.96. The number of halogens is 1. The summed E-state index contributed by atoms with van der Waals surface area (Å²) in [6, 6.07) is 8.35. The number of sulfonamides is 1. The molecule has 0 N–H and O–H groups in total. The fourth-order valence-electron chi connectivity index (χ4n) is 3.46. The lowest BCUT2D eigenvalue weighted by Gasteiger charge is -2.34. The quantitative estimate of drug-likeness (QED) is 0.675. The number of rotatable bonds is 5. The largest absolute Gasteiger partial charge is 0.340 e. The molecule has 2 aromatic rings. The first-order chi connectivity index (χ1) is 13.2. The number of carbonyl (C=O) groups is 1. The van der Waals surface area contributed by atoms with Crippen molar-refractivity contribution in [3.8, 4) is 0 Å². The van der Waals surface area contributed by atoms with Gasteiger partial charge in [-0.2, -0.15) is 9.40 Å². The van der Waals surface area contributed by atoms with Crippen molar-refractivity contribution in [2.45, 2.75) is 38.1 Å². The Morgan fingerprint density at radius 1 is 1.14 bits per heavy atom. The number of benzene rings is 1. The summed E-state index contributed by atoms with van der Waals surface area (Å²) in [7, 11) is -3.51. The molecule has 152 valence electrons. The molecule has 1 unspecified atom stereocenters. The van der Waals surface area contributed by atoms with Crippen LogP contribution in [0.4, 0.5) is 0 Å². The lowest BCUT2D eigenvalue weighted by molar-refractivity contribution is -0.133. The van der Waals surface area contributed by atoms with Crippen LogP contribution in [0.2, 0.25) is 0 Å². The van der Waals surface area contributed by atoms with Crippen LogP contribution in [-0.4, -0.2) is 59.5 Å². The Morgan fingerprint density at radius 2 is 1.75 bits per heavy atom. The highest BCUT2D eigenvalue weighted by Crippen LogP contribution is 2.25. The van der Waals surface area contributed by atoms with Crippen molar-refractivity contribution in [1.29, 1.82) is 0 Å². The minimum absolute atomic E-state index is 0.0212. The maximum Gasteiger partial charge on any atom is 0.243 e. The molecule has 0 aliphatic carbocycles. The van der Waals surface area contributed by atoms with Crippen molar-refractivity contribution in [1.82, 2.24) is 19.0 Å². The Balaban J connectivity index is 1.60. The van der Waals surface area contributed by atoms with E-state index in [-0.39, 0.29) is 11.9 Å². The lowest BCUT2D eigenvalue weighted by Crippen LogP contribution is -2.50. The summed E-state index contributed by atoms with van der Waals surface area (Å²) in [5.74, 6) is 0.0212. The first-order valence-electron chi connectivity index (χ1n) is 9.26. The molecule has 0 saturated carbocycles. The van der Waals surface area contributed by atoms with E-state index in [2.05, 4.69) is 21.0 Å². The van der Waals surface area contributed by atoms with Gasteiger partial charge in [-0.1, -0.05) is 18.2 Å². The third-order valence-electron chi connectivity index (χ3n) is 5.10. The van der Waals surface area contributed by atoms with Crippen molar-refractivity contribution in [2.24, 2.45) is 0 Å². The molecule has 9 heteroatoms. The number of nitrogens with zero attached hydrogens (tertiary/aromatic N) is 4. The zero-order chi connectivity index (χ0) is 20.5. The summed E-state index contributed by atoms with van der Waals surface area (Å²) in [5.41, 5.74) is 1.90. The smallest absolute Gasteiger partial charge is 0.243 e. The van der Waals surface area contributed by atoms with E-state index in [1.165, 1.54) is 4.31 Å². The summed E-state index contributed by atoms with van der Waals surface area (Å²) < 4.78 is 29.7. The highest BCUT2D eigenvalue weighted by molar-refractivity contribution is 9.10. The van der Waals surface area contributed by atoms with Gasteiger partial charge in [-0.15, -0.1) is 0 Å². The number of aromatic nitrogens is 2. The van der Waals surface area contributed by atoms with Crippen LogP contribution in [0, 0.1) is 13.8 Å². The van der Waals surface area contributed by atoms with Gasteiger partial charge >= 0.3 is 0 Å². The maximum absolute atomic E-state index is 12.7. The van der Waals surface area contributed by atoms with E-state index in [0.29, 0.717) is 37.5 Å². The Kier molecular flexibility index (Phi) is 6.26. The van der Waals surface area contributed by atoms with Crippen molar-refractivity contribution in [2.75, 3.05) is 26.2 Å². The molecule has 1 aliphatic heterocycles. The topological polar surface area (TPSA) is 75.5 Å². The Morgan fingerprint density at radius 3 is 2.29 bits per heavy atom. The Bertz CT molecular complexity index is 951. The number of amides is 1. The van der Waals surface area contributed by atoms with Crippen LogP contribution in [0.1, 0.15) is 30.8 Å². The zero-order valence-corrected chi connectivity index (χ0v) is 18.7. The average molecular weight is 469 g/mol. The molecule has 0 bridgehead atoms. The molecule has 1 aliphatic rings. The fraction of sp³-hybridized carbons (Fsp3) is 0.474. The van der Waals surface area contributed by atoms with Gasteiger partial charge in [0.05, 0.1) is 26.8 Å². The molecule has 7 nitrogen and oxygen atoms in total. The third-order valence-corrected chi connectivity index (χ3v) is 8.16. The van der Waals surface area contributed by atoms with Gasteiger partial charge in [0.1, 0.15) is 0 Å². The van der Waals surface area contributed by atoms with Crippen molar-refractivity contribution >= 4 is 31.9 Å². The minimum Gasteiger partial charge on any atom is -0.340 e. The molecule has 0 radical (unpaired) electrons. The predicted molar refractivity (Wildman–Crippen MR) is 111 cm³/mol. The van der Waals surface area contributed by atoms with Gasteiger partial charge in [-0.05, 0) is 48.8 Å². The van der Waals surface area contributed by atoms with Crippen LogP contribution >= 0.6 is 15.9 Å². The monoisotopic (exact) mass is 468 g/mol. The van der Waals surface area contributed by atoms with Gasteiger partial charge in [0.25, 0.3) is 0 Å². The Labute approximate surface area is 174 Å². The van der Waals surface area contributed by atoms with E-state index < -0.39 is 10.0 Å². The summed E-state index contributed by atoms with van der Waals surface area (Å²) in [4.78, 5) is 14.8. The van der Waals surface area contributed by atoms with Crippen molar-refractivity contribution in [3.05, 3.63) is 46.2 Å². The van der Waals surface area contributed by atoms with E-state index in [0.717, 1.165) is 15.9 Å². The van der Waals surface area contributed by atoms with E-state index in [9.17, 15) is 13.2 Å². The van der Waals surface area contributed by atoms with Crippen molar-refractivity contribution < 1.29 is 13.2 Å². The fourth-order valence-corrected chi connectivity index (χ4v) is 5.16. The molecule has 1 fully saturated rings. The van der Waals surface area contributed by atoms with Crippen LogP contribution in [0.15, 0.2) is 39.7 Å². The first kappa shape index (κ1) is 21.0. The molecule has 1 amide bonds. The summed E-state index contributed by atoms with van der Waals surface area (Å²) in [5, 5.41) is 4.50. The maximum atomic E-state index is 12.7. The van der Waals surface area contributed by atoms with E-state index in [1.807, 2.05) is 25.5 Å². The molecule has 1 atom stereocenters. The summed E-state index contributed by atoms with van der Waals surface area (Å²) in [6.07, 6.45) is 0.333. The molecule has 3 rings (SSSR count). The van der Waals surface area contributed by atoms with Crippen LogP contribution < -0.4 is 0 Å². The number of carbonyl (C=O) groups excluding carboxylic acids is 1.